The highest BCUT2D eigenvalue weighted by Gasteiger charge is 2.13. The van der Waals surface area contributed by atoms with Crippen molar-refractivity contribution >= 4 is 17.0 Å². The Balaban J connectivity index is 2.16. The summed E-state index contributed by atoms with van der Waals surface area (Å²) in [5.74, 6) is 0. The van der Waals surface area contributed by atoms with Crippen LogP contribution in [0.1, 0.15) is 23.4 Å². The van der Waals surface area contributed by atoms with E-state index in [-0.39, 0.29) is 0 Å². The molecule has 0 bridgehead atoms. The van der Waals surface area contributed by atoms with Gasteiger partial charge in [-0.25, -0.2) is 0 Å². The first-order valence-electron chi connectivity index (χ1n) is 5.76. The lowest BCUT2D eigenvalue weighted by atomic mass is 10.0. The molecule has 2 aromatic rings. The van der Waals surface area contributed by atoms with Crippen LogP contribution in [0.15, 0.2) is 36.0 Å². The number of pyridine rings is 1. The van der Waals surface area contributed by atoms with Crippen molar-refractivity contribution in [2.45, 2.75) is 19.4 Å². The summed E-state index contributed by atoms with van der Waals surface area (Å²) in [5, 5.41) is 5.59. The number of nitrogens with two attached hydrogens (primary N) is 1. The molecule has 1 unspecified atom stereocenters. The molecule has 0 aliphatic carbocycles. The number of hydrogen-bond acceptors (Lipinski definition) is 4. The molecule has 2 aromatic heterocycles. The van der Waals surface area contributed by atoms with E-state index < -0.39 is 0 Å². The number of anilines is 1. The van der Waals surface area contributed by atoms with Crippen molar-refractivity contribution in [1.82, 2.24) is 10.3 Å². The van der Waals surface area contributed by atoms with Crippen LogP contribution in [0.2, 0.25) is 0 Å². The molecule has 0 aromatic carbocycles. The Bertz CT molecular complexity index is 453. The second-order valence-corrected chi connectivity index (χ2v) is 4.88. The highest BCUT2D eigenvalue weighted by atomic mass is 32.1. The van der Waals surface area contributed by atoms with Gasteiger partial charge in [-0.05, 0) is 36.0 Å². The Kier molecular flexibility index (Phi) is 4.12. The van der Waals surface area contributed by atoms with Gasteiger partial charge in [0, 0.05) is 29.0 Å². The van der Waals surface area contributed by atoms with Crippen molar-refractivity contribution in [2.24, 2.45) is 0 Å². The van der Waals surface area contributed by atoms with Gasteiger partial charge in [0.2, 0.25) is 0 Å². The van der Waals surface area contributed by atoms with Crippen molar-refractivity contribution in [1.29, 1.82) is 0 Å². The molecular weight excluding hydrogens is 230 g/mol. The smallest absolute Gasteiger partial charge is 0.0456 e. The third-order valence-electron chi connectivity index (χ3n) is 2.70. The normalized spacial score (nSPS) is 12.5. The Hall–Kier alpha value is -1.39. The number of aromatic nitrogens is 1. The number of hydrogen-bond donors (Lipinski definition) is 2. The van der Waals surface area contributed by atoms with Gasteiger partial charge in [0.05, 0.1) is 0 Å². The summed E-state index contributed by atoms with van der Waals surface area (Å²) in [6, 6.07) is 6.42. The summed E-state index contributed by atoms with van der Waals surface area (Å²) >= 11 is 1.77. The predicted octanol–water partition coefficient (Wildman–Crippen LogP) is 2.62. The summed E-state index contributed by atoms with van der Waals surface area (Å²) in [4.78, 5) is 5.48. The predicted molar refractivity (Wildman–Crippen MR) is 73.1 cm³/mol. The van der Waals surface area contributed by atoms with E-state index in [1.165, 1.54) is 4.88 Å². The fourth-order valence-corrected chi connectivity index (χ4v) is 2.64. The minimum Gasteiger partial charge on any atom is -0.398 e. The minimum atomic E-state index is 0.325. The van der Waals surface area contributed by atoms with Crippen molar-refractivity contribution in [2.75, 3.05) is 12.3 Å². The first kappa shape index (κ1) is 12.1. The molecule has 2 heterocycles. The standard InChI is InChI=1S/C13H17N3S/c1-2-16-12(13-4-3-7-17-13)8-10-9-15-6-5-11(10)14/h3-7,9,12,16H,2,8H2,1H3,(H2,14,15). The molecule has 2 rings (SSSR count). The molecule has 0 saturated heterocycles. The second kappa shape index (κ2) is 5.80. The van der Waals surface area contributed by atoms with Crippen LogP contribution in [-0.2, 0) is 6.42 Å². The molecule has 17 heavy (non-hydrogen) atoms. The van der Waals surface area contributed by atoms with E-state index in [0.29, 0.717) is 6.04 Å². The monoisotopic (exact) mass is 247 g/mol. The van der Waals surface area contributed by atoms with Crippen molar-refractivity contribution < 1.29 is 0 Å². The van der Waals surface area contributed by atoms with E-state index in [1.807, 2.05) is 12.3 Å². The highest BCUT2D eigenvalue weighted by molar-refractivity contribution is 7.10. The Morgan fingerprint density at radius 1 is 1.47 bits per heavy atom. The molecule has 0 aliphatic heterocycles. The SMILES string of the molecule is CCNC(Cc1cnccc1N)c1cccs1. The lowest BCUT2D eigenvalue weighted by Gasteiger charge is -2.17. The maximum Gasteiger partial charge on any atom is 0.0456 e. The average Bonchev–Trinajstić information content (AvgIpc) is 2.85. The molecule has 4 heteroatoms. The first-order valence-corrected chi connectivity index (χ1v) is 6.64. The topological polar surface area (TPSA) is 50.9 Å². The van der Waals surface area contributed by atoms with Crippen LogP contribution in [0.3, 0.4) is 0 Å². The highest BCUT2D eigenvalue weighted by Crippen LogP contribution is 2.24. The zero-order chi connectivity index (χ0) is 12.1. The van der Waals surface area contributed by atoms with Crippen LogP contribution in [0.25, 0.3) is 0 Å². The van der Waals surface area contributed by atoms with Crippen LogP contribution >= 0.6 is 11.3 Å². The second-order valence-electron chi connectivity index (χ2n) is 3.90. The average molecular weight is 247 g/mol. The molecule has 90 valence electrons. The summed E-state index contributed by atoms with van der Waals surface area (Å²) in [7, 11) is 0. The van der Waals surface area contributed by atoms with Crippen LogP contribution in [0.5, 0.6) is 0 Å². The number of thiophene rings is 1. The number of nitrogens with one attached hydrogen (secondary N) is 1. The number of rotatable bonds is 5. The van der Waals surface area contributed by atoms with E-state index in [0.717, 1.165) is 24.2 Å². The molecule has 0 fully saturated rings. The fraction of sp³-hybridized carbons (Fsp3) is 0.308. The van der Waals surface area contributed by atoms with Crippen LogP contribution in [-0.4, -0.2) is 11.5 Å². The summed E-state index contributed by atoms with van der Waals surface area (Å²) < 4.78 is 0. The molecule has 1 atom stereocenters. The quantitative estimate of drug-likeness (QED) is 0.854. The van der Waals surface area contributed by atoms with Crippen molar-refractivity contribution in [3.8, 4) is 0 Å². The summed E-state index contributed by atoms with van der Waals surface area (Å²) in [6.45, 7) is 3.07. The fourth-order valence-electron chi connectivity index (χ4n) is 1.84. The van der Waals surface area contributed by atoms with Gasteiger partial charge in [-0.2, -0.15) is 0 Å². The van der Waals surface area contributed by atoms with Gasteiger partial charge < -0.3 is 11.1 Å². The molecular formula is C13H17N3S. The number of nitrogens with zero attached hydrogens (tertiary/aromatic N) is 1. The Morgan fingerprint density at radius 2 is 2.35 bits per heavy atom. The molecule has 0 aliphatic rings. The lowest BCUT2D eigenvalue weighted by Crippen LogP contribution is -2.22. The zero-order valence-electron chi connectivity index (χ0n) is 9.89. The van der Waals surface area contributed by atoms with Crippen LogP contribution in [0.4, 0.5) is 5.69 Å². The molecule has 3 nitrogen and oxygen atoms in total. The van der Waals surface area contributed by atoms with Gasteiger partial charge in [0.25, 0.3) is 0 Å². The Labute approximate surface area is 106 Å². The largest absolute Gasteiger partial charge is 0.398 e. The lowest BCUT2D eigenvalue weighted by molar-refractivity contribution is 0.558. The summed E-state index contributed by atoms with van der Waals surface area (Å²) in [6.07, 6.45) is 4.47. The first-order chi connectivity index (χ1) is 8.31. The molecule has 0 spiro atoms. The van der Waals surface area contributed by atoms with E-state index in [4.69, 9.17) is 5.73 Å². The number of nitrogen functional groups attached to an aromatic ring is 1. The Morgan fingerprint density at radius 3 is 3.00 bits per heavy atom. The van der Waals surface area contributed by atoms with Gasteiger partial charge in [0.15, 0.2) is 0 Å². The molecule has 0 amide bonds. The maximum atomic E-state index is 5.95. The van der Waals surface area contributed by atoms with E-state index >= 15 is 0 Å². The van der Waals surface area contributed by atoms with Crippen molar-refractivity contribution in [3.05, 3.63) is 46.4 Å². The molecule has 3 N–H and O–H groups in total. The third-order valence-corrected chi connectivity index (χ3v) is 3.69. The van der Waals surface area contributed by atoms with E-state index in [9.17, 15) is 0 Å². The molecule has 0 saturated carbocycles. The summed E-state index contributed by atoms with van der Waals surface area (Å²) in [5.41, 5.74) is 7.88. The van der Waals surface area contributed by atoms with Crippen molar-refractivity contribution in [3.63, 3.8) is 0 Å². The van der Waals surface area contributed by atoms with Crippen LogP contribution in [0, 0.1) is 0 Å². The van der Waals surface area contributed by atoms with E-state index in [2.05, 4.69) is 34.7 Å². The van der Waals surface area contributed by atoms with Gasteiger partial charge in [-0.3, -0.25) is 4.98 Å². The third kappa shape index (κ3) is 3.05. The van der Waals surface area contributed by atoms with Gasteiger partial charge >= 0.3 is 0 Å². The maximum absolute atomic E-state index is 5.95. The van der Waals surface area contributed by atoms with Gasteiger partial charge in [0.1, 0.15) is 0 Å². The van der Waals surface area contributed by atoms with Gasteiger partial charge in [-0.15, -0.1) is 11.3 Å². The minimum absolute atomic E-state index is 0.325. The van der Waals surface area contributed by atoms with Gasteiger partial charge in [-0.1, -0.05) is 13.0 Å². The molecule has 0 radical (unpaired) electrons. The number of likely N-dealkylation sites (N-methyl/N-ethyl adjacent to an activating group) is 1. The zero-order valence-corrected chi connectivity index (χ0v) is 10.7. The van der Waals surface area contributed by atoms with Crippen LogP contribution < -0.4 is 11.1 Å². The van der Waals surface area contributed by atoms with E-state index in [1.54, 1.807) is 17.5 Å².